The van der Waals surface area contributed by atoms with Crippen LogP contribution >= 0.6 is 0 Å². The molecule has 0 bridgehead atoms. The second-order valence-electron chi connectivity index (χ2n) is 6.56. The van der Waals surface area contributed by atoms with Crippen LogP contribution in [0.15, 0.2) is 17.3 Å². The number of aliphatic hydroxyl groups is 1. The molecule has 9 heteroatoms. The summed E-state index contributed by atoms with van der Waals surface area (Å²) < 4.78 is 31.9. The predicted molar refractivity (Wildman–Crippen MR) is 87.7 cm³/mol. The smallest absolute Gasteiger partial charge is 0.244 e. The van der Waals surface area contributed by atoms with Crippen LogP contribution in [0.5, 0.6) is 0 Å². The van der Waals surface area contributed by atoms with Gasteiger partial charge in [0.05, 0.1) is 29.7 Å². The summed E-state index contributed by atoms with van der Waals surface area (Å²) in [7, 11) is -0.213. The summed E-state index contributed by atoms with van der Waals surface area (Å²) in [6.07, 6.45) is 4.27. The number of nitrogens with one attached hydrogen (secondary N) is 1. The van der Waals surface area contributed by atoms with Crippen LogP contribution in [0, 0.1) is 19.8 Å². The van der Waals surface area contributed by atoms with Crippen molar-refractivity contribution < 1.29 is 13.5 Å². The minimum absolute atomic E-state index is 0.0521. The van der Waals surface area contributed by atoms with Crippen molar-refractivity contribution in [3.63, 3.8) is 0 Å². The van der Waals surface area contributed by atoms with E-state index in [4.69, 9.17) is 0 Å². The van der Waals surface area contributed by atoms with Gasteiger partial charge in [0, 0.05) is 25.9 Å². The molecule has 0 aliphatic heterocycles. The van der Waals surface area contributed by atoms with Crippen molar-refractivity contribution in [3.05, 3.63) is 29.3 Å². The van der Waals surface area contributed by atoms with E-state index in [0.717, 1.165) is 5.56 Å². The van der Waals surface area contributed by atoms with E-state index in [0.29, 0.717) is 24.2 Å². The van der Waals surface area contributed by atoms with Gasteiger partial charge in [-0.2, -0.15) is 10.2 Å². The number of aromatic nitrogens is 4. The zero-order valence-corrected chi connectivity index (χ0v) is 15.1. The largest absolute Gasteiger partial charge is 0.393 e. The lowest BCUT2D eigenvalue weighted by molar-refractivity contribution is 0.0280. The third kappa shape index (κ3) is 2.99. The van der Waals surface area contributed by atoms with Crippen LogP contribution in [0.2, 0.25) is 0 Å². The zero-order chi connectivity index (χ0) is 17.6. The van der Waals surface area contributed by atoms with Crippen LogP contribution in [0.4, 0.5) is 0 Å². The SMILES string of the molecule is Cc1nn(C)c(C)c1S(=O)(=O)N[C@@H](c1cnn(C)c1)C1CC(O)C1. The molecule has 1 atom stereocenters. The molecule has 1 aliphatic carbocycles. The number of nitrogens with zero attached hydrogens (tertiary/aromatic N) is 4. The summed E-state index contributed by atoms with van der Waals surface area (Å²) in [5.41, 5.74) is 1.87. The average Bonchev–Trinajstić information content (AvgIpc) is 2.97. The van der Waals surface area contributed by atoms with Gasteiger partial charge >= 0.3 is 0 Å². The van der Waals surface area contributed by atoms with E-state index < -0.39 is 16.1 Å². The number of sulfonamides is 1. The first kappa shape index (κ1) is 17.1. The van der Waals surface area contributed by atoms with Crippen molar-refractivity contribution in [3.8, 4) is 0 Å². The molecule has 0 saturated heterocycles. The number of hydrogen-bond donors (Lipinski definition) is 2. The molecule has 3 rings (SSSR count). The molecule has 2 heterocycles. The van der Waals surface area contributed by atoms with Gasteiger partial charge in [0.2, 0.25) is 10.0 Å². The van der Waals surface area contributed by atoms with Crippen LogP contribution in [0.25, 0.3) is 0 Å². The predicted octanol–water partition coefficient (Wildman–Crippen LogP) is 0.561. The Kier molecular flexibility index (Phi) is 4.27. The Balaban J connectivity index is 1.94. The normalized spacial score (nSPS) is 22.4. The Bertz CT molecular complexity index is 849. The van der Waals surface area contributed by atoms with Gasteiger partial charge in [-0.3, -0.25) is 9.36 Å². The Hall–Kier alpha value is -1.71. The van der Waals surface area contributed by atoms with Crippen molar-refractivity contribution in [2.24, 2.45) is 20.0 Å². The second kappa shape index (κ2) is 5.98. The molecule has 0 unspecified atom stereocenters. The highest BCUT2D eigenvalue weighted by molar-refractivity contribution is 7.89. The lowest BCUT2D eigenvalue weighted by Crippen LogP contribution is -2.41. The van der Waals surface area contributed by atoms with Crippen LogP contribution in [-0.2, 0) is 24.1 Å². The lowest BCUT2D eigenvalue weighted by atomic mass is 9.76. The fourth-order valence-corrected chi connectivity index (χ4v) is 5.04. The van der Waals surface area contributed by atoms with E-state index >= 15 is 0 Å². The quantitative estimate of drug-likeness (QED) is 0.818. The number of aliphatic hydroxyl groups excluding tert-OH is 1. The van der Waals surface area contributed by atoms with Gasteiger partial charge in [-0.1, -0.05) is 0 Å². The maximum absolute atomic E-state index is 12.9. The molecule has 2 aromatic rings. The summed E-state index contributed by atoms with van der Waals surface area (Å²) in [6, 6.07) is -0.411. The first-order chi connectivity index (χ1) is 11.2. The highest BCUT2D eigenvalue weighted by Crippen LogP contribution is 2.39. The minimum Gasteiger partial charge on any atom is -0.393 e. The first-order valence-electron chi connectivity index (χ1n) is 7.88. The maximum atomic E-state index is 12.9. The van der Waals surface area contributed by atoms with E-state index in [-0.39, 0.29) is 16.9 Å². The van der Waals surface area contributed by atoms with Crippen molar-refractivity contribution in [1.82, 2.24) is 24.3 Å². The fraction of sp³-hybridized carbons (Fsp3) is 0.600. The van der Waals surface area contributed by atoms with Gasteiger partial charge in [-0.25, -0.2) is 13.1 Å². The summed E-state index contributed by atoms with van der Waals surface area (Å²) in [5, 5.41) is 18.0. The van der Waals surface area contributed by atoms with Crippen molar-refractivity contribution in [2.45, 2.75) is 43.7 Å². The number of hydrogen-bond acceptors (Lipinski definition) is 5. The molecule has 24 heavy (non-hydrogen) atoms. The van der Waals surface area contributed by atoms with Gasteiger partial charge in [0.15, 0.2) is 0 Å². The van der Waals surface area contributed by atoms with Crippen molar-refractivity contribution >= 4 is 10.0 Å². The van der Waals surface area contributed by atoms with Crippen LogP contribution in [0.1, 0.15) is 35.8 Å². The summed E-state index contributed by atoms with van der Waals surface area (Å²) in [4.78, 5) is 0.221. The molecular weight excluding hydrogens is 330 g/mol. The average molecular weight is 353 g/mol. The maximum Gasteiger partial charge on any atom is 0.244 e. The van der Waals surface area contributed by atoms with E-state index in [9.17, 15) is 13.5 Å². The van der Waals surface area contributed by atoms with Crippen molar-refractivity contribution in [1.29, 1.82) is 0 Å². The third-order valence-electron chi connectivity index (χ3n) is 4.70. The van der Waals surface area contributed by atoms with Gasteiger partial charge < -0.3 is 5.11 Å². The molecule has 0 spiro atoms. The Morgan fingerprint density at radius 2 is 2.00 bits per heavy atom. The van der Waals surface area contributed by atoms with Gasteiger partial charge in [-0.05, 0) is 32.6 Å². The summed E-state index contributed by atoms with van der Waals surface area (Å²) >= 11 is 0. The highest BCUT2D eigenvalue weighted by atomic mass is 32.2. The van der Waals surface area contributed by atoms with E-state index in [2.05, 4.69) is 14.9 Å². The molecule has 132 valence electrons. The molecule has 1 fully saturated rings. The monoisotopic (exact) mass is 353 g/mol. The van der Waals surface area contributed by atoms with Crippen LogP contribution in [-0.4, -0.2) is 39.2 Å². The van der Waals surface area contributed by atoms with Gasteiger partial charge in [0.1, 0.15) is 4.90 Å². The molecule has 1 aliphatic rings. The lowest BCUT2D eigenvalue weighted by Gasteiger charge is -2.37. The first-order valence-corrected chi connectivity index (χ1v) is 9.36. The Morgan fingerprint density at radius 3 is 2.46 bits per heavy atom. The minimum atomic E-state index is -3.73. The van der Waals surface area contributed by atoms with Gasteiger partial charge in [-0.15, -0.1) is 0 Å². The van der Waals surface area contributed by atoms with E-state index in [1.165, 1.54) is 0 Å². The standard InChI is InChI=1S/C15H23N5O3S/c1-9-15(10(2)20(4)17-9)24(22,23)18-14(11-5-13(21)6-11)12-7-16-19(3)8-12/h7-8,11,13-14,18,21H,5-6H2,1-4H3/t11?,13?,14-/m1/s1. The van der Waals surface area contributed by atoms with Gasteiger partial charge in [0.25, 0.3) is 0 Å². The zero-order valence-electron chi connectivity index (χ0n) is 14.3. The molecule has 1 saturated carbocycles. The fourth-order valence-electron chi connectivity index (χ4n) is 3.31. The summed E-state index contributed by atoms with van der Waals surface area (Å²) in [6.45, 7) is 3.43. The molecule has 0 radical (unpaired) electrons. The molecule has 0 amide bonds. The van der Waals surface area contributed by atoms with Crippen LogP contribution < -0.4 is 4.72 Å². The second-order valence-corrected chi connectivity index (χ2v) is 8.21. The topological polar surface area (TPSA) is 102 Å². The van der Waals surface area contributed by atoms with Crippen molar-refractivity contribution in [2.75, 3.05) is 0 Å². The summed E-state index contributed by atoms with van der Waals surface area (Å²) in [5.74, 6) is 0.0521. The molecule has 8 nitrogen and oxygen atoms in total. The molecule has 0 aromatic carbocycles. The number of rotatable bonds is 5. The van der Waals surface area contributed by atoms with Crippen LogP contribution in [0.3, 0.4) is 0 Å². The van der Waals surface area contributed by atoms with E-state index in [1.807, 2.05) is 0 Å². The molecular formula is C15H23N5O3S. The van der Waals surface area contributed by atoms with E-state index in [1.54, 1.807) is 49.7 Å². The Labute approximate surface area is 141 Å². The molecule has 2 N–H and O–H groups in total. The Morgan fingerprint density at radius 1 is 1.33 bits per heavy atom. The molecule has 2 aromatic heterocycles. The third-order valence-corrected chi connectivity index (χ3v) is 6.39. The number of aryl methyl sites for hydroxylation is 3. The highest BCUT2D eigenvalue weighted by Gasteiger charge is 2.38.